The fraction of sp³-hybridized carbons (Fsp3) is 0.231. The lowest BCUT2D eigenvalue weighted by molar-refractivity contribution is -0.143. The van der Waals surface area contributed by atoms with Gasteiger partial charge < -0.3 is 19.7 Å². The molecular weight excluding hydrogens is 376 g/mol. The van der Waals surface area contributed by atoms with Gasteiger partial charge in [-0.3, -0.25) is 0 Å². The molecule has 0 aliphatic carbocycles. The van der Waals surface area contributed by atoms with E-state index < -0.39 is 11.2 Å². The van der Waals surface area contributed by atoms with Gasteiger partial charge in [-0.2, -0.15) is 0 Å². The molecule has 30 heavy (non-hydrogen) atoms. The topological polar surface area (TPSA) is 58.9 Å². The lowest BCUT2D eigenvalue weighted by atomic mass is 9.75. The molecule has 0 heterocycles. The van der Waals surface area contributed by atoms with Crippen LogP contribution in [-0.4, -0.2) is 24.4 Å². The Morgan fingerprint density at radius 1 is 0.533 bits per heavy atom. The Labute approximate surface area is 176 Å². The summed E-state index contributed by atoms with van der Waals surface area (Å²) in [6.45, 7) is 3.30. The number of rotatable bonds is 5. The van der Waals surface area contributed by atoms with Gasteiger partial charge in [0.15, 0.2) is 0 Å². The molecule has 0 aromatic heterocycles. The summed E-state index contributed by atoms with van der Waals surface area (Å²) in [5.74, 6) is 1.56. The van der Waals surface area contributed by atoms with Crippen LogP contribution >= 0.6 is 0 Å². The molecular formula is C26H26O4. The summed E-state index contributed by atoms with van der Waals surface area (Å²) in [4.78, 5) is 0. The fourth-order valence-corrected chi connectivity index (χ4v) is 3.87. The van der Waals surface area contributed by atoms with Gasteiger partial charge in [0.2, 0.25) is 0 Å². The van der Waals surface area contributed by atoms with Crippen molar-refractivity contribution in [1.29, 1.82) is 0 Å². The minimum Gasteiger partial charge on any atom is -0.497 e. The van der Waals surface area contributed by atoms with Crippen LogP contribution in [0.3, 0.4) is 0 Å². The summed E-state index contributed by atoms with van der Waals surface area (Å²) in [5, 5.41) is 26.9. The highest BCUT2D eigenvalue weighted by Crippen LogP contribution is 2.42. The monoisotopic (exact) mass is 402 g/mol. The average molecular weight is 402 g/mol. The molecule has 4 heteroatoms. The van der Waals surface area contributed by atoms with E-state index in [1.807, 2.05) is 72.8 Å². The molecule has 0 spiro atoms. The van der Waals surface area contributed by atoms with E-state index in [0.717, 1.165) is 33.0 Å². The second-order valence-electron chi connectivity index (χ2n) is 8.00. The van der Waals surface area contributed by atoms with E-state index in [1.165, 1.54) is 0 Å². The van der Waals surface area contributed by atoms with Crippen molar-refractivity contribution < 1.29 is 19.7 Å². The van der Waals surface area contributed by atoms with Crippen molar-refractivity contribution in [3.8, 4) is 11.5 Å². The molecule has 0 saturated heterocycles. The van der Waals surface area contributed by atoms with Crippen LogP contribution in [0.25, 0.3) is 21.5 Å². The standard InChI is InChI=1S/C26H26O4/c1-25(27,21-9-5-19-15-23(29-3)11-7-17(19)13-21)26(2,28)22-10-6-20-16-24(30-4)12-8-18(20)14-22/h5-16,27-28H,1-4H3/t25-,26-/m1/s1. The third-order valence-corrected chi connectivity index (χ3v) is 6.17. The van der Waals surface area contributed by atoms with Gasteiger partial charge in [-0.25, -0.2) is 0 Å². The van der Waals surface area contributed by atoms with E-state index in [4.69, 9.17) is 9.47 Å². The largest absolute Gasteiger partial charge is 0.497 e. The first kappa shape index (κ1) is 20.2. The molecule has 0 bridgehead atoms. The van der Waals surface area contributed by atoms with Crippen molar-refractivity contribution in [3.05, 3.63) is 83.9 Å². The highest BCUT2D eigenvalue weighted by molar-refractivity contribution is 5.86. The van der Waals surface area contributed by atoms with Gasteiger partial charge in [-0.05, 0) is 82.9 Å². The number of fused-ring (bicyclic) bond motifs is 2. The Balaban J connectivity index is 1.76. The minimum absolute atomic E-state index is 0.639. The summed E-state index contributed by atoms with van der Waals surface area (Å²) in [6.07, 6.45) is 0. The molecule has 2 atom stereocenters. The molecule has 154 valence electrons. The van der Waals surface area contributed by atoms with Crippen LogP contribution in [0.4, 0.5) is 0 Å². The van der Waals surface area contributed by atoms with Gasteiger partial charge in [0.25, 0.3) is 0 Å². The summed E-state index contributed by atoms with van der Waals surface area (Å²) >= 11 is 0. The van der Waals surface area contributed by atoms with Crippen molar-refractivity contribution in [2.45, 2.75) is 25.0 Å². The normalized spacial score (nSPS) is 15.5. The maximum Gasteiger partial charge on any atom is 0.119 e. The van der Waals surface area contributed by atoms with Crippen LogP contribution in [0.2, 0.25) is 0 Å². The lowest BCUT2D eigenvalue weighted by Gasteiger charge is -2.39. The van der Waals surface area contributed by atoms with Gasteiger partial charge in [0, 0.05) is 0 Å². The Morgan fingerprint density at radius 3 is 1.23 bits per heavy atom. The van der Waals surface area contributed by atoms with Crippen LogP contribution in [-0.2, 0) is 11.2 Å². The molecule has 0 fully saturated rings. The Kier molecular flexibility index (Phi) is 4.92. The van der Waals surface area contributed by atoms with Crippen molar-refractivity contribution in [3.63, 3.8) is 0 Å². The molecule has 2 N–H and O–H groups in total. The molecule has 0 saturated carbocycles. The first-order valence-corrected chi connectivity index (χ1v) is 9.87. The second kappa shape index (κ2) is 7.31. The van der Waals surface area contributed by atoms with E-state index in [0.29, 0.717) is 11.1 Å². The summed E-state index contributed by atoms with van der Waals surface area (Å²) in [6, 6.07) is 23.0. The van der Waals surface area contributed by atoms with E-state index in [1.54, 1.807) is 28.1 Å². The molecule has 4 rings (SSSR count). The third-order valence-electron chi connectivity index (χ3n) is 6.17. The molecule has 4 nitrogen and oxygen atoms in total. The average Bonchev–Trinajstić information content (AvgIpc) is 2.77. The maximum absolute atomic E-state index is 11.5. The molecule has 0 unspecified atom stereocenters. The number of aliphatic hydroxyl groups is 2. The highest BCUT2D eigenvalue weighted by atomic mass is 16.5. The zero-order valence-corrected chi connectivity index (χ0v) is 17.6. The van der Waals surface area contributed by atoms with Crippen LogP contribution in [0.5, 0.6) is 11.5 Å². The van der Waals surface area contributed by atoms with Gasteiger partial charge in [0.1, 0.15) is 22.7 Å². The first-order valence-electron chi connectivity index (χ1n) is 9.87. The van der Waals surface area contributed by atoms with Crippen molar-refractivity contribution >= 4 is 21.5 Å². The number of hydrogen-bond donors (Lipinski definition) is 2. The molecule has 0 aliphatic rings. The highest BCUT2D eigenvalue weighted by Gasteiger charge is 2.44. The Bertz CT molecular complexity index is 1130. The summed E-state index contributed by atoms with van der Waals surface area (Å²) in [5.41, 5.74) is -1.75. The number of methoxy groups -OCH3 is 2. The van der Waals surface area contributed by atoms with Crippen LogP contribution in [0, 0.1) is 0 Å². The fourth-order valence-electron chi connectivity index (χ4n) is 3.87. The van der Waals surface area contributed by atoms with Crippen molar-refractivity contribution in [1.82, 2.24) is 0 Å². The zero-order valence-electron chi connectivity index (χ0n) is 17.6. The number of benzene rings is 4. The summed E-state index contributed by atoms with van der Waals surface area (Å²) in [7, 11) is 3.27. The lowest BCUT2D eigenvalue weighted by Crippen LogP contribution is -2.45. The zero-order chi connectivity index (χ0) is 21.5. The predicted octanol–water partition coefficient (Wildman–Crippen LogP) is 5.13. The van der Waals surface area contributed by atoms with Gasteiger partial charge in [0.05, 0.1) is 14.2 Å². The quantitative estimate of drug-likeness (QED) is 0.486. The number of hydrogen-bond acceptors (Lipinski definition) is 4. The van der Waals surface area contributed by atoms with E-state index in [9.17, 15) is 10.2 Å². The summed E-state index contributed by atoms with van der Waals surface area (Å²) < 4.78 is 10.6. The maximum atomic E-state index is 11.5. The molecule has 4 aromatic carbocycles. The number of ether oxygens (including phenoxy) is 2. The van der Waals surface area contributed by atoms with Gasteiger partial charge >= 0.3 is 0 Å². The van der Waals surface area contributed by atoms with Crippen LogP contribution < -0.4 is 9.47 Å². The predicted molar refractivity (Wildman–Crippen MR) is 120 cm³/mol. The molecule has 0 aliphatic heterocycles. The van der Waals surface area contributed by atoms with Crippen LogP contribution in [0.15, 0.2) is 72.8 Å². The van der Waals surface area contributed by atoms with Crippen LogP contribution in [0.1, 0.15) is 25.0 Å². The Morgan fingerprint density at radius 2 is 0.867 bits per heavy atom. The smallest absolute Gasteiger partial charge is 0.119 e. The minimum atomic E-state index is -1.51. The third kappa shape index (κ3) is 3.28. The van der Waals surface area contributed by atoms with E-state index in [-0.39, 0.29) is 0 Å². The van der Waals surface area contributed by atoms with E-state index in [2.05, 4.69) is 0 Å². The van der Waals surface area contributed by atoms with Crippen molar-refractivity contribution in [2.24, 2.45) is 0 Å². The van der Waals surface area contributed by atoms with Gasteiger partial charge in [-0.1, -0.05) is 36.4 Å². The molecule has 0 amide bonds. The molecule has 0 radical (unpaired) electrons. The SMILES string of the molecule is COc1ccc2cc([C@@](C)(O)[C@](C)(O)c3ccc4cc(OC)ccc4c3)ccc2c1. The molecule has 4 aromatic rings. The Hall–Kier alpha value is -3.08. The van der Waals surface area contributed by atoms with Gasteiger partial charge in [-0.15, -0.1) is 0 Å². The first-order chi connectivity index (χ1) is 14.3. The van der Waals surface area contributed by atoms with Crippen molar-refractivity contribution in [2.75, 3.05) is 14.2 Å². The second-order valence-corrected chi connectivity index (χ2v) is 8.00. The van der Waals surface area contributed by atoms with E-state index >= 15 is 0 Å².